The van der Waals surface area contributed by atoms with Crippen molar-refractivity contribution < 1.29 is 46.6 Å². The second-order valence-corrected chi connectivity index (χ2v) is 11.3. The van der Waals surface area contributed by atoms with Crippen molar-refractivity contribution >= 4 is 23.8 Å². The summed E-state index contributed by atoms with van der Waals surface area (Å²) >= 11 is 0. The fourth-order valence-electron chi connectivity index (χ4n) is 5.40. The first-order valence-corrected chi connectivity index (χ1v) is 14.4. The number of halogens is 3. The van der Waals surface area contributed by atoms with Crippen LogP contribution in [-0.2, 0) is 23.9 Å². The van der Waals surface area contributed by atoms with E-state index in [2.05, 4.69) is 0 Å². The maximum Gasteiger partial charge on any atom is 0.471 e. The minimum atomic E-state index is -5.04. The van der Waals surface area contributed by atoms with Gasteiger partial charge < -0.3 is 24.4 Å². The molecule has 2 amide bonds. The standard InChI is InChI=1S/C31H33F3N2O7/c1-18(35-30(40)31(32,33)34)27(21-8-6-20(7-9-21)19-4-5-19)42-24-12-10-22(11-13-24)29(39)43-25-3-2-14-36(16-25)28(38)23-15-26(37)41-17-23/h6-13,18-19,23,25,27H,2-5,14-17H2,1H3,(H,35,40)/t18-,23+,25-,27-/m0/s1. The molecule has 2 heterocycles. The van der Waals surface area contributed by atoms with E-state index < -0.39 is 48.2 Å². The third-order valence-electron chi connectivity index (χ3n) is 7.91. The Bertz CT molecular complexity index is 1340. The van der Waals surface area contributed by atoms with Crippen molar-refractivity contribution in [1.29, 1.82) is 0 Å². The lowest BCUT2D eigenvalue weighted by Gasteiger charge is -2.33. The SMILES string of the molecule is C[C@H](NC(=O)C(F)(F)F)[C@H](Oc1ccc(C(=O)O[C@H]2CCCN(C(=O)[C@H]3COC(=O)C3)C2)cc1)c1ccc(C2CC2)cc1. The number of alkyl halides is 3. The predicted octanol–water partition coefficient (Wildman–Crippen LogP) is 4.46. The van der Waals surface area contributed by atoms with E-state index in [9.17, 15) is 32.3 Å². The largest absolute Gasteiger partial charge is 0.484 e. The second kappa shape index (κ2) is 12.6. The van der Waals surface area contributed by atoms with Crippen molar-refractivity contribution in [3.05, 3.63) is 65.2 Å². The van der Waals surface area contributed by atoms with E-state index in [1.807, 2.05) is 17.4 Å². The van der Waals surface area contributed by atoms with E-state index >= 15 is 0 Å². The minimum absolute atomic E-state index is 0.0499. The number of hydrogen-bond donors (Lipinski definition) is 1. The van der Waals surface area contributed by atoms with Gasteiger partial charge in [0.05, 0.1) is 30.5 Å². The van der Waals surface area contributed by atoms with Crippen LogP contribution in [0.15, 0.2) is 48.5 Å². The monoisotopic (exact) mass is 602 g/mol. The quantitative estimate of drug-likeness (QED) is 0.422. The van der Waals surface area contributed by atoms with Crippen molar-refractivity contribution in [3.8, 4) is 5.75 Å². The minimum Gasteiger partial charge on any atom is -0.484 e. The van der Waals surface area contributed by atoms with Crippen LogP contribution in [0.25, 0.3) is 0 Å². The van der Waals surface area contributed by atoms with Gasteiger partial charge in [0.1, 0.15) is 24.6 Å². The van der Waals surface area contributed by atoms with E-state index in [-0.39, 0.29) is 36.8 Å². The van der Waals surface area contributed by atoms with Gasteiger partial charge in [-0.15, -0.1) is 0 Å². The molecule has 2 aromatic carbocycles. The number of amides is 2. The molecule has 2 aromatic rings. The second-order valence-electron chi connectivity index (χ2n) is 11.3. The number of ether oxygens (including phenoxy) is 3. The molecule has 0 spiro atoms. The van der Waals surface area contributed by atoms with E-state index in [0.29, 0.717) is 30.9 Å². The number of benzene rings is 2. The third kappa shape index (κ3) is 7.66. The Balaban J connectivity index is 1.22. The normalized spacial score (nSPS) is 21.9. The molecule has 9 nitrogen and oxygen atoms in total. The van der Waals surface area contributed by atoms with Gasteiger partial charge in [0.25, 0.3) is 0 Å². The Morgan fingerprint density at radius 3 is 2.33 bits per heavy atom. The fourth-order valence-corrected chi connectivity index (χ4v) is 5.40. The summed E-state index contributed by atoms with van der Waals surface area (Å²) in [5.41, 5.74) is 1.97. The molecule has 1 N–H and O–H groups in total. The first-order valence-electron chi connectivity index (χ1n) is 14.4. The number of esters is 2. The lowest BCUT2D eigenvalue weighted by molar-refractivity contribution is -0.174. The summed E-state index contributed by atoms with van der Waals surface area (Å²) in [5, 5.41) is 1.98. The number of nitrogens with one attached hydrogen (secondary N) is 1. The van der Waals surface area contributed by atoms with Gasteiger partial charge in [-0.3, -0.25) is 14.4 Å². The zero-order valence-electron chi connectivity index (χ0n) is 23.6. The van der Waals surface area contributed by atoms with Gasteiger partial charge >= 0.3 is 24.0 Å². The van der Waals surface area contributed by atoms with Crippen LogP contribution in [0, 0.1) is 5.92 Å². The molecule has 2 aliphatic heterocycles. The summed E-state index contributed by atoms with van der Waals surface area (Å²) < 4.78 is 55.5. The van der Waals surface area contributed by atoms with Crippen LogP contribution in [0.5, 0.6) is 5.75 Å². The fraction of sp³-hybridized carbons (Fsp3) is 0.484. The average molecular weight is 603 g/mol. The predicted molar refractivity (Wildman–Crippen MR) is 146 cm³/mol. The smallest absolute Gasteiger partial charge is 0.471 e. The number of cyclic esters (lactones) is 1. The highest BCUT2D eigenvalue weighted by molar-refractivity contribution is 5.90. The van der Waals surface area contributed by atoms with Crippen LogP contribution in [0.4, 0.5) is 13.2 Å². The summed E-state index contributed by atoms with van der Waals surface area (Å²) in [7, 11) is 0. The summed E-state index contributed by atoms with van der Waals surface area (Å²) in [6.45, 7) is 2.23. The Kier molecular flexibility index (Phi) is 8.93. The summed E-state index contributed by atoms with van der Waals surface area (Å²) in [6, 6.07) is 12.4. The van der Waals surface area contributed by atoms with Crippen molar-refractivity contribution in [3.63, 3.8) is 0 Å². The zero-order valence-corrected chi connectivity index (χ0v) is 23.6. The molecular weight excluding hydrogens is 569 g/mol. The summed E-state index contributed by atoms with van der Waals surface area (Å²) in [6.07, 6.45) is -3.02. The summed E-state index contributed by atoms with van der Waals surface area (Å²) in [4.78, 5) is 50.2. The highest BCUT2D eigenvalue weighted by Gasteiger charge is 2.41. The van der Waals surface area contributed by atoms with Gasteiger partial charge in [-0.1, -0.05) is 24.3 Å². The van der Waals surface area contributed by atoms with Crippen molar-refractivity contribution in [2.45, 2.75) is 69.4 Å². The number of carbonyl (C=O) groups excluding carboxylic acids is 4. The molecule has 0 unspecified atom stereocenters. The molecule has 0 radical (unpaired) electrons. The maximum absolute atomic E-state index is 13.0. The number of nitrogens with zero attached hydrogens (tertiary/aromatic N) is 1. The number of likely N-dealkylation sites (tertiary alicyclic amines) is 1. The molecule has 5 rings (SSSR count). The van der Waals surface area contributed by atoms with Gasteiger partial charge in [-0.25, -0.2) is 4.79 Å². The molecule has 0 aromatic heterocycles. The molecule has 3 aliphatic rings. The van der Waals surface area contributed by atoms with E-state index in [4.69, 9.17) is 14.2 Å². The number of hydrogen-bond acceptors (Lipinski definition) is 7. The molecule has 230 valence electrons. The molecule has 12 heteroatoms. The average Bonchev–Trinajstić information content (AvgIpc) is 3.75. The Morgan fingerprint density at radius 2 is 1.72 bits per heavy atom. The van der Waals surface area contributed by atoms with E-state index in [0.717, 1.165) is 18.4 Å². The maximum atomic E-state index is 13.0. The van der Waals surface area contributed by atoms with Gasteiger partial charge in [0.2, 0.25) is 5.91 Å². The molecule has 0 bridgehead atoms. The van der Waals surface area contributed by atoms with Gasteiger partial charge in [0, 0.05) is 6.54 Å². The molecular formula is C31H33F3N2O7. The molecule has 1 aliphatic carbocycles. The molecule has 1 saturated carbocycles. The van der Waals surface area contributed by atoms with Crippen LogP contribution in [-0.4, -0.2) is 66.7 Å². The van der Waals surface area contributed by atoms with Crippen LogP contribution < -0.4 is 10.1 Å². The molecule has 3 fully saturated rings. The zero-order chi connectivity index (χ0) is 30.7. The first kappa shape index (κ1) is 30.4. The van der Waals surface area contributed by atoms with Crippen molar-refractivity contribution in [2.75, 3.05) is 19.7 Å². The van der Waals surface area contributed by atoms with Gasteiger partial charge in [-0.05, 0) is 73.9 Å². The highest BCUT2D eigenvalue weighted by Crippen LogP contribution is 2.40. The van der Waals surface area contributed by atoms with Gasteiger partial charge in [-0.2, -0.15) is 13.2 Å². The van der Waals surface area contributed by atoms with Crippen molar-refractivity contribution in [2.24, 2.45) is 5.92 Å². The van der Waals surface area contributed by atoms with Crippen molar-refractivity contribution in [1.82, 2.24) is 10.2 Å². The molecule has 2 saturated heterocycles. The highest BCUT2D eigenvalue weighted by atomic mass is 19.4. The van der Waals surface area contributed by atoms with Gasteiger partial charge in [0.15, 0.2) is 0 Å². The van der Waals surface area contributed by atoms with E-state index in [1.165, 1.54) is 31.2 Å². The third-order valence-corrected chi connectivity index (χ3v) is 7.91. The van der Waals surface area contributed by atoms with Crippen LogP contribution >= 0.6 is 0 Å². The molecule has 43 heavy (non-hydrogen) atoms. The topological polar surface area (TPSA) is 111 Å². The van der Waals surface area contributed by atoms with Crippen LogP contribution in [0.3, 0.4) is 0 Å². The lowest BCUT2D eigenvalue weighted by Crippen LogP contribution is -2.46. The first-order chi connectivity index (χ1) is 20.5. The number of rotatable bonds is 9. The van der Waals surface area contributed by atoms with Crippen LogP contribution in [0.1, 0.15) is 72.5 Å². The Hall–Kier alpha value is -4.09. The Labute approximate surface area is 246 Å². The number of carbonyl (C=O) groups is 4. The Morgan fingerprint density at radius 1 is 1.02 bits per heavy atom. The summed E-state index contributed by atoms with van der Waals surface area (Å²) in [5.74, 6) is -2.98. The van der Waals surface area contributed by atoms with E-state index in [1.54, 1.807) is 17.0 Å². The lowest BCUT2D eigenvalue weighted by atomic mass is 10.00. The number of piperidine rings is 1. The molecule has 4 atom stereocenters. The van der Waals surface area contributed by atoms with Crippen LogP contribution in [0.2, 0.25) is 0 Å².